The fraction of sp³-hybridized carbons (Fsp3) is 0.286. The topological polar surface area (TPSA) is 29.5 Å². The lowest BCUT2D eigenvalue weighted by Crippen LogP contribution is -2.09. The Kier molecular flexibility index (Phi) is 4.43. The molecule has 0 fully saturated rings. The van der Waals surface area contributed by atoms with Crippen molar-refractivity contribution in [3.8, 4) is 5.75 Å². The highest BCUT2D eigenvalue weighted by Gasteiger charge is 2.19. The van der Waals surface area contributed by atoms with Gasteiger partial charge in [0.25, 0.3) is 0 Å². The van der Waals surface area contributed by atoms with Crippen LogP contribution in [0.3, 0.4) is 0 Å². The van der Waals surface area contributed by atoms with Gasteiger partial charge in [-0.15, -0.1) is 11.3 Å². The Morgan fingerprint density at radius 1 is 1.22 bits per heavy atom. The molecule has 0 amide bonds. The fourth-order valence-electron chi connectivity index (χ4n) is 1.71. The lowest BCUT2D eigenvalue weighted by Gasteiger charge is -2.17. The van der Waals surface area contributed by atoms with Crippen LogP contribution in [-0.4, -0.2) is 11.2 Å². The Balaban J connectivity index is 2.36. The van der Waals surface area contributed by atoms with Crippen LogP contribution in [0.15, 0.2) is 40.2 Å². The Morgan fingerprint density at radius 2 is 1.94 bits per heavy atom. The van der Waals surface area contributed by atoms with E-state index in [0.717, 1.165) is 20.7 Å². The van der Waals surface area contributed by atoms with Gasteiger partial charge in [0, 0.05) is 10.0 Å². The first kappa shape index (κ1) is 13.6. The summed E-state index contributed by atoms with van der Waals surface area (Å²) in [6, 6.07) is 9.55. The van der Waals surface area contributed by atoms with Crippen molar-refractivity contribution in [1.29, 1.82) is 0 Å². The average Bonchev–Trinajstić information content (AvgIpc) is 2.74. The average molecular weight is 327 g/mol. The number of hydrogen-bond acceptors (Lipinski definition) is 3. The van der Waals surface area contributed by atoms with E-state index in [0.29, 0.717) is 0 Å². The molecule has 18 heavy (non-hydrogen) atoms. The van der Waals surface area contributed by atoms with Crippen molar-refractivity contribution in [2.45, 2.75) is 26.1 Å². The zero-order valence-corrected chi connectivity index (χ0v) is 12.7. The highest BCUT2D eigenvalue weighted by molar-refractivity contribution is 9.10. The van der Waals surface area contributed by atoms with E-state index < -0.39 is 6.10 Å². The van der Waals surface area contributed by atoms with Crippen molar-refractivity contribution in [3.05, 3.63) is 50.6 Å². The molecule has 2 aromatic rings. The maximum absolute atomic E-state index is 10.5. The molecule has 0 bridgehead atoms. The summed E-state index contributed by atoms with van der Waals surface area (Å²) < 4.78 is 6.66. The summed E-state index contributed by atoms with van der Waals surface area (Å²) in [7, 11) is 0. The number of thiophene rings is 1. The third kappa shape index (κ3) is 2.94. The Bertz CT molecular complexity index is 522. The maximum atomic E-state index is 10.5. The zero-order chi connectivity index (χ0) is 13.1. The minimum absolute atomic E-state index is 0.0881. The largest absolute Gasteiger partial charge is 0.491 e. The van der Waals surface area contributed by atoms with E-state index in [1.54, 1.807) is 0 Å². The van der Waals surface area contributed by atoms with Crippen LogP contribution in [0.4, 0.5) is 0 Å². The van der Waals surface area contributed by atoms with Gasteiger partial charge in [-0.05, 0) is 47.3 Å². The van der Waals surface area contributed by atoms with Gasteiger partial charge < -0.3 is 9.84 Å². The predicted octanol–water partition coefficient (Wildman–Crippen LogP) is 4.38. The highest BCUT2D eigenvalue weighted by atomic mass is 79.9. The second kappa shape index (κ2) is 5.87. The van der Waals surface area contributed by atoms with E-state index in [2.05, 4.69) is 15.9 Å². The molecular formula is C14H15BrO2S. The third-order valence-electron chi connectivity index (χ3n) is 2.47. The van der Waals surface area contributed by atoms with Crippen LogP contribution in [-0.2, 0) is 0 Å². The number of aliphatic hydroxyl groups is 1. The van der Waals surface area contributed by atoms with Crippen LogP contribution < -0.4 is 4.74 Å². The minimum Gasteiger partial charge on any atom is -0.491 e. The molecule has 1 aromatic carbocycles. The first-order valence-electron chi connectivity index (χ1n) is 5.76. The number of para-hydroxylation sites is 1. The summed E-state index contributed by atoms with van der Waals surface area (Å²) in [4.78, 5) is 0.898. The van der Waals surface area contributed by atoms with Crippen molar-refractivity contribution in [2.75, 3.05) is 0 Å². The molecule has 1 unspecified atom stereocenters. The summed E-state index contributed by atoms with van der Waals surface area (Å²) in [5.41, 5.74) is 0.800. The molecular weight excluding hydrogens is 312 g/mol. The smallest absolute Gasteiger partial charge is 0.125 e. The summed E-state index contributed by atoms with van der Waals surface area (Å²) in [6.07, 6.45) is -0.570. The van der Waals surface area contributed by atoms with Gasteiger partial charge in [-0.25, -0.2) is 0 Å². The predicted molar refractivity (Wildman–Crippen MR) is 78.3 cm³/mol. The monoisotopic (exact) mass is 326 g/mol. The van der Waals surface area contributed by atoms with Crippen LogP contribution in [0.5, 0.6) is 5.75 Å². The molecule has 96 valence electrons. The van der Waals surface area contributed by atoms with Gasteiger partial charge in [0.15, 0.2) is 0 Å². The molecule has 2 nitrogen and oxygen atoms in total. The number of hydrogen-bond donors (Lipinski definition) is 1. The van der Waals surface area contributed by atoms with Gasteiger partial charge >= 0.3 is 0 Å². The van der Waals surface area contributed by atoms with Crippen molar-refractivity contribution in [2.24, 2.45) is 0 Å². The summed E-state index contributed by atoms with van der Waals surface area (Å²) in [5.74, 6) is 0.736. The number of aliphatic hydroxyl groups excluding tert-OH is 1. The van der Waals surface area contributed by atoms with Crippen LogP contribution >= 0.6 is 27.3 Å². The molecule has 0 saturated heterocycles. The highest BCUT2D eigenvalue weighted by Crippen LogP contribution is 2.36. The summed E-state index contributed by atoms with van der Waals surface area (Å²) >= 11 is 4.98. The quantitative estimate of drug-likeness (QED) is 0.903. The van der Waals surface area contributed by atoms with Crippen LogP contribution in [0.2, 0.25) is 0 Å². The molecule has 1 N–H and O–H groups in total. The molecule has 0 radical (unpaired) electrons. The van der Waals surface area contributed by atoms with Gasteiger partial charge in [-0.2, -0.15) is 0 Å². The molecule has 1 heterocycles. The zero-order valence-electron chi connectivity index (χ0n) is 10.3. The second-order valence-corrected chi connectivity index (χ2v) is 6.04. The van der Waals surface area contributed by atoms with Crippen molar-refractivity contribution in [1.82, 2.24) is 0 Å². The van der Waals surface area contributed by atoms with Crippen LogP contribution in [0.25, 0.3) is 0 Å². The third-order valence-corrected chi connectivity index (χ3v) is 4.39. The first-order chi connectivity index (χ1) is 8.59. The molecule has 2 rings (SSSR count). The van der Waals surface area contributed by atoms with E-state index in [1.165, 1.54) is 11.3 Å². The molecule has 0 aliphatic heterocycles. The van der Waals surface area contributed by atoms with Gasteiger partial charge in [0.05, 0.1) is 11.0 Å². The van der Waals surface area contributed by atoms with Gasteiger partial charge in [0.2, 0.25) is 0 Å². The number of rotatable bonds is 4. The Labute approximate surface area is 119 Å². The lowest BCUT2D eigenvalue weighted by atomic mass is 10.1. The van der Waals surface area contributed by atoms with Crippen molar-refractivity contribution >= 4 is 27.3 Å². The normalized spacial score (nSPS) is 12.7. The molecule has 0 spiro atoms. The SMILES string of the molecule is CC(C)Oc1ccccc1C(O)c1sccc1Br. The van der Waals surface area contributed by atoms with E-state index >= 15 is 0 Å². The van der Waals surface area contributed by atoms with Gasteiger partial charge in [-0.3, -0.25) is 0 Å². The number of benzene rings is 1. The number of halogens is 1. The molecule has 0 saturated carbocycles. The van der Waals surface area contributed by atoms with Crippen LogP contribution in [0, 0.1) is 0 Å². The fourth-order valence-corrected chi connectivity index (χ4v) is 3.30. The van der Waals surface area contributed by atoms with Crippen molar-refractivity contribution in [3.63, 3.8) is 0 Å². The van der Waals surface area contributed by atoms with Gasteiger partial charge in [-0.1, -0.05) is 18.2 Å². The van der Waals surface area contributed by atoms with E-state index in [-0.39, 0.29) is 6.10 Å². The number of ether oxygens (including phenoxy) is 1. The maximum Gasteiger partial charge on any atom is 0.125 e. The molecule has 0 aliphatic rings. The standard InChI is InChI=1S/C14H15BrO2S/c1-9(2)17-12-6-4-3-5-10(12)13(16)14-11(15)7-8-18-14/h3-9,13,16H,1-2H3. The summed E-state index contributed by atoms with van der Waals surface area (Å²) in [6.45, 7) is 3.95. The first-order valence-corrected chi connectivity index (χ1v) is 7.43. The summed E-state index contributed by atoms with van der Waals surface area (Å²) in [5, 5.41) is 12.4. The molecule has 1 aromatic heterocycles. The minimum atomic E-state index is -0.658. The molecule has 4 heteroatoms. The Morgan fingerprint density at radius 3 is 2.56 bits per heavy atom. The van der Waals surface area contributed by atoms with E-state index in [9.17, 15) is 5.11 Å². The molecule has 0 aliphatic carbocycles. The second-order valence-electron chi connectivity index (χ2n) is 4.24. The Hall–Kier alpha value is -0.840. The van der Waals surface area contributed by atoms with Crippen molar-refractivity contribution < 1.29 is 9.84 Å². The molecule has 1 atom stereocenters. The van der Waals surface area contributed by atoms with E-state index in [4.69, 9.17) is 4.74 Å². The van der Waals surface area contributed by atoms with E-state index in [1.807, 2.05) is 49.6 Å². The van der Waals surface area contributed by atoms with Crippen LogP contribution in [0.1, 0.15) is 30.4 Å². The lowest BCUT2D eigenvalue weighted by molar-refractivity contribution is 0.200. The van der Waals surface area contributed by atoms with Gasteiger partial charge in [0.1, 0.15) is 11.9 Å².